The normalized spacial score (nSPS) is 35.1. The number of aromatic amines is 1. The van der Waals surface area contributed by atoms with Crippen molar-refractivity contribution in [2.75, 3.05) is 0 Å². The van der Waals surface area contributed by atoms with Crippen molar-refractivity contribution in [1.82, 2.24) is 25.6 Å². The number of cyclic esters (lactones) is 1. The molecule has 0 unspecified atom stereocenters. The zero-order valence-electron chi connectivity index (χ0n) is 16.2. The molecular formula is C20H25N5O3. The van der Waals surface area contributed by atoms with Crippen LogP contribution in [0.25, 0.3) is 17.5 Å². The second kappa shape index (κ2) is 7.09. The highest BCUT2D eigenvalue weighted by Crippen LogP contribution is 2.52. The molecule has 148 valence electrons. The fraction of sp³-hybridized carbons (Fsp3) is 0.550. The molecule has 0 bridgehead atoms. The van der Waals surface area contributed by atoms with Gasteiger partial charge in [-0.2, -0.15) is 0 Å². The molecule has 28 heavy (non-hydrogen) atoms. The number of hydrogen-bond acceptors (Lipinski definition) is 7. The molecule has 1 aliphatic heterocycles. The molecule has 0 spiro atoms. The second-order valence-electron chi connectivity index (χ2n) is 7.97. The van der Waals surface area contributed by atoms with Gasteiger partial charge in [0.25, 0.3) is 0 Å². The van der Waals surface area contributed by atoms with E-state index in [-0.39, 0.29) is 23.9 Å². The summed E-state index contributed by atoms with van der Waals surface area (Å²) < 4.78 is 5.43. The summed E-state index contributed by atoms with van der Waals surface area (Å²) in [7, 11) is 0. The number of esters is 1. The van der Waals surface area contributed by atoms with Crippen molar-refractivity contribution in [2.45, 2.75) is 45.3 Å². The third-order valence-corrected chi connectivity index (χ3v) is 6.34. The second-order valence-corrected chi connectivity index (χ2v) is 7.97. The Morgan fingerprint density at radius 3 is 2.86 bits per heavy atom. The Labute approximate surface area is 163 Å². The Bertz CT molecular complexity index is 866. The number of hydrogen-bond donors (Lipinski definition) is 2. The number of pyridine rings is 1. The average Bonchev–Trinajstić information content (AvgIpc) is 3.27. The number of aliphatic hydroxyl groups is 1. The minimum Gasteiger partial charge on any atom is -0.460 e. The molecule has 3 heterocycles. The van der Waals surface area contributed by atoms with E-state index < -0.39 is 11.6 Å². The molecule has 6 atom stereocenters. The van der Waals surface area contributed by atoms with Crippen molar-refractivity contribution < 1.29 is 14.6 Å². The van der Waals surface area contributed by atoms with Gasteiger partial charge in [-0.25, -0.2) is 9.89 Å². The summed E-state index contributed by atoms with van der Waals surface area (Å²) in [6.07, 6.45) is 6.91. The lowest BCUT2D eigenvalue weighted by Crippen LogP contribution is -2.53. The van der Waals surface area contributed by atoms with Gasteiger partial charge in [-0.05, 0) is 59.7 Å². The van der Waals surface area contributed by atoms with Crippen LogP contribution in [0.15, 0.2) is 24.4 Å². The van der Waals surface area contributed by atoms with Crippen LogP contribution in [0.1, 0.15) is 39.3 Å². The van der Waals surface area contributed by atoms with Crippen LogP contribution >= 0.6 is 0 Å². The van der Waals surface area contributed by atoms with Crippen molar-refractivity contribution >= 4 is 12.0 Å². The number of carbonyl (C=O) groups excluding carboxylic acids is 1. The maximum atomic E-state index is 12.3. The molecule has 2 aliphatic rings. The Morgan fingerprint density at radius 1 is 1.39 bits per heavy atom. The number of rotatable bonds is 4. The number of carbonyl (C=O) groups is 1. The number of H-pyrrole nitrogens is 1. The van der Waals surface area contributed by atoms with Gasteiger partial charge in [-0.3, -0.25) is 4.98 Å². The van der Waals surface area contributed by atoms with Gasteiger partial charge in [0.2, 0.25) is 0 Å². The van der Waals surface area contributed by atoms with Crippen molar-refractivity contribution in [3.05, 3.63) is 30.1 Å². The molecule has 4 rings (SSSR count). The molecular weight excluding hydrogens is 358 g/mol. The number of tetrazole rings is 1. The highest BCUT2D eigenvalue weighted by atomic mass is 16.6. The quantitative estimate of drug-likeness (QED) is 0.778. The van der Waals surface area contributed by atoms with E-state index in [2.05, 4.69) is 45.5 Å². The van der Waals surface area contributed by atoms with Crippen LogP contribution in [0, 0.1) is 23.7 Å². The average molecular weight is 383 g/mol. The van der Waals surface area contributed by atoms with Gasteiger partial charge in [0.05, 0.1) is 5.69 Å². The summed E-state index contributed by atoms with van der Waals surface area (Å²) in [5, 5.41) is 24.8. The van der Waals surface area contributed by atoms with Gasteiger partial charge in [0, 0.05) is 17.7 Å². The molecule has 2 N–H and O–H groups in total. The molecule has 1 saturated carbocycles. The molecule has 0 amide bonds. The molecule has 1 saturated heterocycles. The Kier molecular flexibility index (Phi) is 4.74. The summed E-state index contributed by atoms with van der Waals surface area (Å²) in [6, 6.07) is 3.80. The molecule has 0 radical (unpaired) electrons. The maximum Gasteiger partial charge on any atom is 0.338 e. The van der Waals surface area contributed by atoms with Crippen LogP contribution in [0.2, 0.25) is 0 Å². The van der Waals surface area contributed by atoms with Crippen molar-refractivity contribution in [2.24, 2.45) is 23.7 Å². The Balaban J connectivity index is 1.61. The summed E-state index contributed by atoms with van der Waals surface area (Å²) in [4.78, 5) is 16.8. The number of nitrogens with zero attached hydrogens (tertiary/aromatic N) is 4. The monoisotopic (exact) mass is 383 g/mol. The van der Waals surface area contributed by atoms with E-state index in [0.717, 1.165) is 17.7 Å². The summed E-state index contributed by atoms with van der Waals surface area (Å²) in [5.41, 5.74) is 0.208. The minimum absolute atomic E-state index is 0.0418. The first-order chi connectivity index (χ1) is 13.4. The van der Waals surface area contributed by atoms with E-state index >= 15 is 0 Å². The number of fused-ring (bicyclic) bond motifs is 1. The fourth-order valence-electron chi connectivity index (χ4n) is 5.08. The third kappa shape index (κ3) is 3.01. The molecule has 0 aromatic carbocycles. The predicted octanol–water partition coefficient (Wildman–Crippen LogP) is 2.25. The first-order valence-electron chi connectivity index (χ1n) is 9.76. The highest BCUT2D eigenvalue weighted by Gasteiger charge is 2.62. The molecule has 2 aromatic heterocycles. The SMILES string of the molecule is CC[C@H]1[C@H](/C=C/c2ccc(-c3nnn[nH]3)cn2)[C@@H]2[C@@H](C)OC(=O)[C@]2(O)C[C@@H]1C. The number of allylic oxidation sites excluding steroid dienone is 1. The van der Waals surface area contributed by atoms with E-state index in [1.54, 1.807) is 6.20 Å². The van der Waals surface area contributed by atoms with Crippen LogP contribution in [-0.4, -0.2) is 48.4 Å². The zero-order valence-corrected chi connectivity index (χ0v) is 16.2. The summed E-state index contributed by atoms with van der Waals surface area (Å²) >= 11 is 0. The van der Waals surface area contributed by atoms with Crippen LogP contribution in [0.4, 0.5) is 0 Å². The largest absolute Gasteiger partial charge is 0.460 e. The van der Waals surface area contributed by atoms with Gasteiger partial charge >= 0.3 is 5.97 Å². The van der Waals surface area contributed by atoms with Gasteiger partial charge in [-0.1, -0.05) is 26.3 Å². The van der Waals surface area contributed by atoms with Crippen molar-refractivity contribution in [1.29, 1.82) is 0 Å². The van der Waals surface area contributed by atoms with E-state index in [1.165, 1.54) is 0 Å². The van der Waals surface area contributed by atoms with Gasteiger partial charge in [-0.15, -0.1) is 5.10 Å². The van der Waals surface area contributed by atoms with Gasteiger partial charge in [0.1, 0.15) is 6.10 Å². The minimum atomic E-state index is -1.39. The summed E-state index contributed by atoms with van der Waals surface area (Å²) in [6.45, 7) is 6.15. The first kappa shape index (κ1) is 18.7. The predicted molar refractivity (Wildman–Crippen MR) is 101 cm³/mol. The van der Waals surface area contributed by atoms with E-state index in [4.69, 9.17) is 4.74 Å². The molecule has 2 aromatic rings. The van der Waals surface area contributed by atoms with Crippen molar-refractivity contribution in [3.63, 3.8) is 0 Å². The van der Waals surface area contributed by atoms with Gasteiger partial charge in [0.15, 0.2) is 11.4 Å². The lowest BCUT2D eigenvalue weighted by atomic mass is 9.59. The highest BCUT2D eigenvalue weighted by molar-refractivity contribution is 5.82. The lowest BCUT2D eigenvalue weighted by Gasteiger charge is -2.45. The number of nitrogens with one attached hydrogen (secondary N) is 1. The molecule has 8 nitrogen and oxygen atoms in total. The third-order valence-electron chi connectivity index (χ3n) is 6.34. The smallest absolute Gasteiger partial charge is 0.338 e. The summed E-state index contributed by atoms with van der Waals surface area (Å²) in [5.74, 6) is 0.492. The van der Waals surface area contributed by atoms with E-state index in [1.807, 2.05) is 25.1 Å². The number of aromatic nitrogens is 5. The zero-order chi connectivity index (χ0) is 19.9. The van der Waals surface area contributed by atoms with Gasteiger partial charge < -0.3 is 9.84 Å². The van der Waals surface area contributed by atoms with E-state index in [9.17, 15) is 9.90 Å². The topological polar surface area (TPSA) is 114 Å². The van der Waals surface area contributed by atoms with Crippen LogP contribution < -0.4 is 0 Å². The fourth-order valence-corrected chi connectivity index (χ4v) is 5.08. The van der Waals surface area contributed by atoms with Crippen LogP contribution in [0.3, 0.4) is 0 Å². The Morgan fingerprint density at radius 2 is 2.21 bits per heavy atom. The maximum absolute atomic E-state index is 12.3. The molecule has 1 aliphatic carbocycles. The van der Waals surface area contributed by atoms with Crippen molar-refractivity contribution in [3.8, 4) is 11.4 Å². The van der Waals surface area contributed by atoms with E-state index in [0.29, 0.717) is 18.2 Å². The Hall–Kier alpha value is -2.61. The lowest BCUT2D eigenvalue weighted by molar-refractivity contribution is -0.160. The molecule has 2 fully saturated rings. The van der Waals surface area contributed by atoms with Crippen LogP contribution in [-0.2, 0) is 9.53 Å². The molecule has 8 heteroatoms. The van der Waals surface area contributed by atoms with Crippen LogP contribution in [0.5, 0.6) is 0 Å². The standard InChI is InChI=1S/C20H25N5O3/c1-4-15-11(2)9-20(27)17(12(3)28-19(20)26)16(15)8-7-14-6-5-13(10-21-14)18-22-24-25-23-18/h5-8,10-12,15-17,27H,4,9H2,1-3H3,(H,22,23,24,25)/b8-7+/t11-,12+,15+,16-,17-,20-/m0/s1. The first-order valence-corrected chi connectivity index (χ1v) is 9.76. The number of ether oxygens (including phenoxy) is 1.